The lowest BCUT2D eigenvalue weighted by molar-refractivity contribution is 0.0993. The number of primary amides is 1. The van der Waals surface area contributed by atoms with Crippen LogP contribution in [0.1, 0.15) is 27.3 Å². The number of carbonyl (C=O) groups excluding carboxylic acids is 1. The first-order valence-corrected chi connectivity index (χ1v) is 6.38. The first-order chi connectivity index (χ1) is 9.25. The number of carbonyl (C=O) groups is 1. The number of nitrogens with one attached hydrogen (secondary N) is 1. The van der Waals surface area contributed by atoms with Crippen molar-refractivity contribution in [1.29, 1.82) is 0 Å². The number of hydrogen-bond acceptors (Lipinski definition) is 3. The zero-order valence-corrected chi connectivity index (χ0v) is 10.6. The predicted octanol–water partition coefficient (Wildman–Crippen LogP) is 0.676. The number of rotatable bonds is 3. The van der Waals surface area contributed by atoms with Crippen LogP contribution in [0.15, 0.2) is 30.3 Å². The lowest BCUT2D eigenvalue weighted by Crippen LogP contribution is -2.26. The maximum atomic E-state index is 11.5. The van der Waals surface area contributed by atoms with E-state index in [0.29, 0.717) is 18.8 Å². The molecule has 0 bridgehead atoms. The van der Waals surface area contributed by atoms with Crippen LogP contribution < -0.4 is 11.1 Å². The molecule has 0 spiro atoms. The summed E-state index contributed by atoms with van der Waals surface area (Å²) in [5.74, 6) is -0.452. The summed E-state index contributed by atoms with van der Waals surface area (Å²) < 4.78 is 1.91. The van der Waals surface area contributed by atoms with Crippen LogP contribution in [-0.4, -0.2) is 22.2 Å². The molecule has 1 aliphatic rings. The molecule has 5 nitrogen and oxygen atoms in total. The van der Waals surface area contributed by atoms with Crippen LogP contribution in [0, 0.1) is 0 Å². The molecule has 1 amide bonds. The van der Waals surface area contributed by atoms with Crippen LogP contribution in [0.2, 0.25) is 0 Å². The fraction of sp³-hybridized carbons (Fsp3) is 0.286. The van der Waals surface area contributed by atoms with Gasteiger partial charge in [-0.3, -0.25) is 9.48 Å². The summed E-state index contributed by atoms with van der Waals surface area (Å²) in [6.45, 7) is 2.25. The summed E-state index contributed by atoms with van der Waals surface area (Å²) in [7, 11) is 0. The SMILES string of the molecule is NC(=O)c1nn(Cc2ccccc2)c2c1CNCC2. The van der Waals surface area contributed by atoms with Gasteiger partial charge in [-0.25, -0.2) is 0 Å². The minimum absolute atomic E-state index is 0.401. The van der Waals surface area contributed by atoms with Gasteiger partial charge < -0.3 is 11.1 Å². The van der Waals surface area contributed by atoms with Crippen LogP contribution in [0.25, 0.3) is 0 Å². The summed E-state index contributed by atoms with van der Waals surface area (Å²) in [5.41, 5.74) is 9.05. The highest BCUT2D eigenvalue weighted by Gasteiger charge is 2.23. The van der Waals surface area contributed by atoms with Crippen LogP contribution >= 0.6 is 0 Å². The lowest BCUT2D eigenvalue weighted by atomic mass is 10.1. The average Bonchev–Trinajstić information content (AvgIpc) is 2.79. The molecule has 0 radical (unpaired) electrons. The van der Waals surface area contributed by atoms with Crippen molar-refractivity contribution in [2.24, 2.45) is 5.73 Å². The molecule has 0 fully saturated rings. The topological polar surface area (TPSA) is 72.9 Å². The highest BCUT2D eigenvalue weighted by Crippen LogP contribution is 2.19. The van der Waals surface area contributed by atoms with Crippen molar-refractivity contribution in [1.82, 2.24) is 15.1 Å². The maximum Gasteiger partial charge on any atom is 0.269 e. The second-order valence-corrected chi connectivity index (χ2v) is 4.71. The Morgan fingerprint density at radius 1 is 1.37 bits per heavy atom. The smallest absolute Gasteiger partial charge is 0.269 e. The van der Waals surface area contributed by atoms with Gasteiger partial charge in [0, 0.05) is 30.8 Å². The van der Waals surface area contributed by atoms with Gasteiger partial charge in [-0.05, 0) is 5.56 Å². The second-order valence-electron chi connectivity index (χ2n) is 4.71. The summed E-state index contributed by atoms with van der Waals surface area (Å²) >= 11 is 0. The number of amides is 1. The summed E-state index contributed by atoms with van der Waals surface area (Å²) in [4.78, 5) is 11.5. The highest BCUT2D eigenvalue weighted by molar-refractivity contribution is 5.92. The van der Waals surface area contributed by atoms with E-state index in [1.165, 1.54) is 5.56 Å². The van der Waals surface area contributed by atoms with E-state index < -0.39 is 5.91 Å². The standard InChI is InChI=1S/C14H16N4O/c15-14(19)13-11-8-16-7-6-12(11)18(17-13)9-10-4-2-1-3-5-10/h1-5,16H,6-9H2,(H2,15,19). The zero-order valence-electron chi connectivity index (χ0n) is 10.6. The molecule has 1 aromatic carbocycles. The Labute approximate surface area is 111 Å². The van der Waals surface area contributed by atoms with Gasteiger partial charge in [0.25, 0.3) is 5.91 Å². The number of fused-ring (bicyclic) bond motifs is 1. The van der Waals surface area contributed by atoms with Gasteiger partial charge in [-0.2, -0.15) is 5.10 Å². The molecule has 0 unspecified atom stereocenters. The summed E-state index contributed by atoms with van der Waals surface area (Å²) in [5, 5.41) is 7.64. The molecule has 0 atom stereocenters. The minimum Gasteiger partial charge on any atom is -0.364 e. The number of nitrogens with two attached hydrogens (primary N) is 1. The van der Waals surface area contributed by atoms with Crippen LogP contribution in [0.3, 0.4) is 0 Å². The molecule has 3 N–H and O–H groups in total. The Hall–Kier alpha value is -2.14. The van der Waals surface area contributed by atoms with E-state index in [1.807, 2.05) is 22.9 Å². The van der Waals surface area contributed by atoms with E-state index in [9.17, 15) is 4.79 Å². The minimum atomic E-state index is -0.452. The van der Waals surface area contributed by atoms with Gasteiger partial charge in [0.2, 0.25) is 0 Å². The van der Waals surface area contributed by atoms with Gasteiger partial charge in [0.1, 0.15) is 0 Å². The number of aromatic nitrogens is 2. The van der Waals surface area contributed by atoms with E-state index in [2.05, 4.69) is 22.5 Å². The molecule has 0 aliphatic carbocycles. The van der Waals surface area contributed by atoms with Gasteiger partial charge in [0.15, 0.2) is 5.69 Å². The van der Waals surface area contributed by atoms with Crippen molar-refractivity contribution in [3.63, 3.8) is 0 Å². The van der Waals surface area contributed by atoms with Crippen molar-refractivity contribution in [2.75, 3.05) is 6.54 Å². The molecule has 1 aromatic heterocycles. The Morgan fingerprint density at radius 2 is 2.16 bits per heavy atom. The van der Waals surface area contributed by atoms with E-state index in [-0.39, 0.29) is 0 Å². The number of hydrogen-bond donors (Lipinski definition) is 2. The third-order valence-corrected chi connectivity index (χ3v) is 3.42. The first-order valence-electron chi connectivity index (χ1n) is 6.38. The molecule has 1 aliphatic heterocycles. The van der Waals surface area contributed by atoms with Crippen molar-refractivity contribution in [2.45, 2.75) is 19.5 Å². The molecule has 0 saturated heterocycles. The number of nitrogens with zero attached hydrogens (tertiary/aromatic N) is 2. The Kier molecular flexibility index (Phi) is 3.05. The van der Waals surface area contributed by atoms with Crippen LogP contribution in [0.5, 0.6) is 0 Å². The van der Waals surface area contributed by atoms with Gasteiger partial charge in [-0.1, -0.05) is 30.3 Å². The Morgan fingerprint density at radius 3 is 2.89 bits per heavy atom. The molecule has 3 rings (SSSR count). The predicted molar refractivity (Wildman–Crippen MR) is 71.7 cm³/mol. The summed E-state index contributed by atoms with van der Waals surface area (Å²) in [6, 6.07) is 10.1. The molecule has 2 aromatic rings. The zero-order chi connectivity index (χ0) is 13.2. The van der Waals surface area contributed by atoms with Crippen molar-refractivity contribution in [3.05, 3.63) is 52.8 Å². The van der Waals surface area contributed by atoms with Gasteiger partial charge in [0.05, 0.1) is 6.54 Å². The van der Waals surface area contributed by atoms with Gasteiger partial charge >= 0.3 is 0 Å². The van der Waals surface area contributed by atoms with E-state index >= 15 is 0 Å². The maximum absolute atomic E-state index is 11.5. The van der Waals surface area contributed by atoms with Crippen molar-refractivity contribution in [3.8, 4) is 0 Å². The van der Waals surface area contributed by atoms with E-state index in [0.717, 1.165) is 24.2 Å². The average molecular weight is 256 g/mol. The number of benzene rings is 1. The molecular weight excluding hydrogens is 240 g/mol. The molecular formula is C14H16N4O. The van der Waals surface area contributed by atoms with Crippen LogP contribution in [0.4, 0.5) is 0 Å². The first kappa shape index (κ1) is 11.9. The molecule has 5 heteroatoms. The van der Waals surface area contributed by atoms with Gasteiger partial charge in [-0.15, -0.1) is 0 Å². The Bertz CT molecular complexity index is 603. The highest BCUT2D eigenvalue weighted by atomic mass is 16.1. The monoisotopic (exact) mass is 256 g/mol. The molecule has 19 heavy (non-hydrogen) atoms. The van der Waals surface area contributed by atoms with E-state index in [4.69, 9.17) is 5.73 Å². The van der Waals surface area contributed by atoms with Crippen LogP contribution in [-0.2, 0) is 19.5 Å². The lowest BCUT2D eigenvalue weighted by Gasteiger charge is -2.15. The van der Waals surface area contributed by atoms with Crippen molar-refractivity contribution < 1.29 is 4.79 Å². The third kappa shape index (κ3) is 2.24. The second kappa shape index (κ2) is 4.85. The Balaban J connectivity index is 1.99. The fourth-order valence-corrected chi connectivity index (χ4v) is 2.50. The normalized spacial score (nSPS) is 14.1. The van der Waals surface area contributed by atoms with E-state index in [1.54, 1.807) is 0 Å². The molecule has 98 valence electrons. The largest absolute Gasteiger partial charge is 0.364 e. The quantitative estimate of drug-likeness (QED) is 0.848. The third-order valence-electron chi connectivity index (χ3n) is 3.42. The fourth-order valence-electron chi connectivity index (χ4n) is 2.50. The molecule has 0 saturated carbocycles. The summed E-state index contributed by atoms with van der Waals surface area (Å²) in [6.07, 6.45) is 0.877. The molecule has 2 heterocycles. The van der Waals surface area contributed by atoms with Crippen molar-refractivity contribution >= 4 is 5.91 Å².